The SMILES string of the molecule is CCCc1ccc(-c2nc(NC(=O)c3cc[n+]([O-])cc3)sc2C)cc1. The van der Waals surface area contributed by atoms with Crippen LogP contribution < -0.4 is 10.0 Å². The van der Waals surface area contributed by atoms with Crippen molar-refractivity contribution in [2.24, 2.45) is 0 Å². The van der Waals surface area contributed by atoms with Crippen LogP contribution in [0.25, 0.3) is 11.3 Å². The first-order chi connectivity index (χ1) is 12.1. The summed E-state index contributed by atoms with van der Waals surface area (Å²) in [7, 11) is 0. The van der Waals surface area contributed by atoms with Crippen molar-refractivity contribution in [1.82, 2.24) is 4.98 Å². The van der Waals surface area contributed by atoms with E-state index in [9.17, 15) is 10.0 Å². The Hall–Kier alpha value is -2.73. The number of aryl methyl sites for hydroxylation is 2. The van der Waals surface area contributed by atoms with Crippen LogP contribution in [0.15, 0.2) is 48.8 Å². The van der Waals surface area contributed by atoms with Crippen LogP contribution in [0, 0.1) is 12.1 Å². The smallest absolute Gasteiger partial charge is 0.257 e. The van der Waals surface area contributed by atoms with Gasteiger partial charge in [0, 0.05) is 22.6 Å². The number of pyridine rings is 1. The fraction of sp³-hybridized carbons (Fsp3) is 0.211. The van der Waals surface area contributed by atoms with Gasteiger partial charge in [-0.15, -0.1) is 11.3 Å². The van der Waals surface area contributed by atoms with Gasteiger partial charge >= 0.3 is 0 Å². The highest BCUT2D eigenvalue weighted by molar-refractivity contribution is 7.16. The van der Waals surface area contributed by atoms with E-state index in [4.69, 9.17) is 0 Å². The first-order valence-electron chi connectivity index (χ1n) is 8.13. The lowest BCUT2D eigenvalue weighted by Crippen LogP contribution is -2.25. The quantitative estimate of drug-likeness (QED) is 0.558. The number of hydrogen-bond acceptors (Lipinski definition) is 4. The Balaban J connectivity index is 1.77. The molecule has 0 aliphatic rings. The van der Waals surface area contributed by atoms with Crippen LogP contribution in [0.4, 0.5) is 5.13 Å². The lowest BCUT2D eigenvalue weighted by Gasteiger charge is -2.02. The molecule has 0 bridgehead atoms. The molecule has 0 aliphatic heterocycles. The second-order valence-corrected chi connectivity index (χ2v) is 6.97. The summed E-state index contributed by atoms with van der Waals surface area (Å²) < 4.78 is 0.643. The molecule has 1 N–H and O–H groups in total. The molecule has 3 aromatic rings. The topological polar surface area (TPSA) is 68.9 Å². The molecule has 2 aromatic heterocycles. The summed E-state index contributed by atoms with van der Waals surface area (Å²) in [6.45, 7) is 4.15. The number of carbonyl (C=O) groups excluding carboxylic acids is 1. The van der Waals surface area contributed by atoms with Crippen molar-refractivity contribution < 1.29 is 9.52 Å². The molecule has 2 heterocycles. The van der Waals surface area contributed by atoms with Crippen LogP contribution in [-0.4, -0.2) is 10.9 Å². The van der Waals surface area contributed by atoms with E-state index in [1.807, 2.05) is 6.92 Å². The lowest BCUT2D eigenvalue weighted by atomic mass is 10.1. The van der Waals surface area contributed by atoms with Crippen molar-refractivity contribution in [3.63, 3.8) is 0 Å². The first kappa shape index (κ1) is 17.1. The van der Waals surface area contributed by atoms with Crippen molar-refractivity contribution in [2.75, 3.05) is 5.32 Å². The normalized spacial score (nSPS) is 10.6. The molecule has 0 fully saturated rings. The van der Waals surface area contributed by atoms with Crippen molar-refractivity contribution in [3.8, 4) is 11.3 Å². The summed E-state index contributed by atoms with van der Waals surface area (Å²) in [5.74, 6) is -0.279. The molecule has 0 saturated carbocycles. The molecule has 0 spiro atoms. The van der Waals surface area contributed by atoms with Crippen molar-refractivity contribution >= 4 is 22.4 Å². The molecule has 0 atom stereocenters. The maximum atomic E-state index is 12.2. The maximum Gasteiger partial charge on any atom is 0.257 e. The summed E-state index contributed by atoms with van der Waals surface area (Å²) in [6.07, 6.45) is 4.78. The predicted molar refractivity (Wildman–Crippen MR) is 99.6 cm³/mol. The zero-order valence-electron chi connectivity index (χ0n) is 14.2. The molecule has 1 aromatic carbocycles. The molecule has 128 valence electrons. The predicted octanol–water partition coefficient (Wildman–Crippen LogP) is 3.96. The molecule has 6 heteroatoms. The minimum atomic E-state index is -0.279. The van der Waals surface area contributed by atoms with Gasteiger partial charge in [0.05, 0.1) is 11.3 Å². The number of rotatable bonds is 5. The zero-order valence-corrected chi connectivity index (χ0v) is 15.0. The molecule has 3 rings (SSSR count). The number of benzene rings is 1. The molecule has 1 amide bonds. The Labute approximate surface area is 150 Å². The summed E-state index contributed by atoms with van der Waals surface area (Å²) in [5, 5.41) is 14.4. The van der Waals surface area contributed by atoms with Gasteiger partial charge in [0.15, 0.2) is 17.5 Å². The van der Waals surface area contributed by atoms with Crippen molar-refractivity contribution in [3.05, 3.63) is 70.0 Å². The number of amides is 1. The maximum absolute atomic E-state index is 12.2. The second-order valence-electron chi connectivity index (χ2n) is 5.77. The van der Waals surface area contributed by atoms with Gasteiger partial charge in [-0.3, -0.25) is 10.1 Å². The van der Waals surface area contributed by atoms with Crippen LogP contribution in [0.2, 0.25) is 0 Å². The zero-order chi connectivity index (χ0) is 17.8. The Morgan fingerprint density at radius 3 is 2.52 bits per heavy atom. The number of nitrogens with one attached hydrogen (secondary N) is 1. The molecular weight excluding hydrogens is 334 g/mol. The van der Waals surface area contributed by atoms with Gasteiger partial charge in [-0.1, -0.05) is 37.6 Å². The van der Waals surface area contributed by atoms with Crippen LogP contribution in [0.5, 0.6) is 0 Å². The molecular formula is C19H19N3O2S. The van der Waals surface area contributed by atoms with E-state index in [-0.39, 0.29) is 5.91 Å². The number of carbonyl (C=O) groups is 1. The number of anilines is 1. The van der Waals surface area contributed by atoms with Gasteiger partial charge in [0.2, 0.25) is 0 Å². The van der Waals surface area contributed by atoms with Gasteiger partial charge in [-0.05, 0) is 18.9 Å². The third kappa shape index (κ3) is 4.03. The average Bonchev–Trinajstić information content (AvgIpc) is 2.96. The van der Waals surface area contributed by atoms with Crippen LogP contribution in [0.1, 0.15) is 34.1 Å². The summed E-state index contributed by atoms with van der Waals surface area (Å²) in [4.78, 5) is 17.8. The van der Waals surface area contributed by atoms with Gasteiger partial charge < -0.3 is 5.21 Å². The Morgan fingerprint density at radius 2 is 1.88 bits per heavy atom. The Bertz CT molecular complexity index is 871. The standard InChI is InChI=1S/C19H19N3O2S/c1-3-4-14-5-7-15(8-6-14)17-13(2)25-19(20-17)21-18(23)16-9-11-22(24)12-10-16/h5-12H,3-4H2,1-2H3,(H,20,21,23). The van der Waals surface area contributed by atoms with E-state index in [1.165, 1.54) is 41.4 Å². The molecule has 0 saturated heterocycles. The lowest BCUT2D eigenvalue weighted by molar-refractivity contribution is -0.605. The largest absolute Gasteiger partial charge is 0.619 e. The molecule has 25 heavy (non-hydrogen) atoms. The number of hydrogen-bond donors (Lipinski definition) is 1. The second kappa shape index (κ2) is 7.44. The highest BCUT2D eigenvalue weighted by Gasteiger charge is 2.13. The van der Waals surface area contributed by atoms with Gasteiger partial charge in [0.25, 0.3) is 5.91 Å². The third-order valence-electron chi connectivity index (χ3n) is 3.85. The van der Waals surface area contributed by atoms with Gasteiger partial charge in [0.1, 0.15) is 0 Å². The highest BCUT2D eigenvalue weighted by Crippen LogP contribution is 2.30. The minimum Gasteiger partial charge on any atom is -0.619 e. The number of aromatic nitrogens is 2. The van der Waals surface area contributed by atoms with Crippen LogP contribution in [-0.2, 0) is 6.42 Å². The van der Waals surface area contributed by atoms with Crippen molar-refractivity contribution in [2.45, 2.75) is 26.7 Å². The monoisotopic (exact) mass is 353 g/mol. The summed E-state index contributed by atoms with van der Waals surface area (Å²) in [5.41, 5.74) is 3.66. The van der Waals surface area contributed by atoms with E-state index in [1.54, 1.807) is 0 Å². The third-order valence-corrected chi connectivity index (χ3v) is 4.73. The molecule has 0 unspecified atom stereocenters. The fourth-order valence-electron chi connectivity index (χ4n) is 2.57. The molecule has 5 nitrogen and oxygen atoms in total. The highest BCUT2D eigenvalue weighted by atomic mass is 32.1. The average molecular weight is 353 g/mol. The molecule has 0 aliphatic carbocycles. The summed E-state index contributed by atoms with van der Waals surface area (Å²) >= 11 is 1.44. The summed E-state index contributed by atoms with van der Waals surface area (Å²) in [6, 6.07) is 11.4. The molecule has 0 radical (unpaired) electrons. The van der Waals surface area contributed by atoms with Gasteiger partial charge in [-0.2, -0.15) is 4.73 Å². The Kier molecular flexibility index (Phi) is 5.09. The van der Waals surface area contributed by atoms with Gasteiger partial charge in [-0.25, -0.2) is 4.98 Å². The van der Waals surface area contributed by atoms with Crippen molar-refractivity contribution in [1.29, 1.82) is 0 Å². The fourth-order valence-corrected chi connectivity index (χ4v) is 3.40. The first-order valence-corrected chi connectivity index (χ1v) is 8.95. The Morgan fingerprint density at radius 1 is 1.20 bits per heavy atom. The number of thiazole rings is 1. The number of nitrogens with zero attached hydrogens (tertiary/aromatic N) is 2. The van der Waals surface area contributed by atoms with E-state index < -0.39 is 0 Å². The van der Waals surface area contributed by atoms with E-state index >= 15 is 0 Å². The van der Waals surface area contributed by atoms with Crippen LogP contribution in [0.3, 0.4) is 0 Å². The van der Waals surface area contributed by atoms with E-state index in [2.05, 4.69) is 41.5 Å². The van der Waals surface area contributed by atoms with E-state index in [0.29, 0.717) is 15.4 Å². The minimum absolute atomic E-state index is 0.279. The van der Waals surface area contributed by atoms with E-state index in [0.717, 1.165) is 29.0 Å². The van der Waals surface area contributed by atoms with Crippen LogP contribution >= 0.6 is 11.3 Å².